The van der Waals surface area contributed by atoms with Gasteiger partial charge >= 0.3 is 0 Å². The van der Waals surface area contributed by atoms with Crippen LogP contribution in [0.5, 0.6) is 0 Å². The Balaban J connectivity index is 1.67. The Morgan fingerprint density at radius 2 is 1.58 bits per heavy atom. The maximum atomic E-state index is 5.60. The molecule has 0 unspecified atom stereocenters. The summed E-state index contributed by atoms with van der Waals surface area (Å²) in [5, 5.41) is 0. The van der Waals surface area contributed by atoms with Crippen LogP contribution < -0.4 is 15.5 Å². The van der Waals surface area contributed by atoms with Crippen molar-refractivity contribution in [3.8, 4) is 0 Å². The molecule has 0 amide bonds. The zero-order chi connectivity index (χ0) is 13.1. The van der Waals surface area contributed by atoms with Crippen LogP contribution in [0.25, 0.3) is 0 Å². The number of anilines is 3. The Morgan fingerprint density at radius 1 is 0.895 bits per heavy atom. The molecule has 1 aliphatic rings. The summed E-state index contributed by atoms with van der Waals surface area (Å²) < 4.78 is 0. The lowest BCUT2D eigenvalue weighted by molar-refractivity contribution is 0.634. The van der Waals surface area contributed by atoms with Gasteiger partial charge in [0, 0.05) is 44.8 Å². The molecule has 3 heterocycles. The van der Waals surface area contributed by atoms with Crippen molar-refractivity contribution in [3.63, 3.8) is 0 Å². The molecule has 0 saturated carbocycles. The van der Waals surface area contributed by atoms with E-state index < -0.39 is 0 Å². The lowest BCUT2D eigenvalue weighted by atomic mass is 10.3. The van der Waals surface area contributed by atoms with Gasteiger partial charge in [0.15, 0.2) is 0 Å². The number of rotatable bonds is 2. The van der Waals surface area contributed by atoms with Crippen molar-refractivity contribution in [3.05, 3.63) is 30.7 Å². The number of aromatic nitrogens is 4. The maximum Gasteiger partial charge on any atom is 0.225 e. The van der Waals surface area contributed by atoms with Crippen LogP contribution in [0.1, 0.15) is 0 Å². The molecule has 2 N–H and O–H groups in total. The van der Waals surface area contributed by atoms with Crippen molar-refractivity contribution in [1.29, 1.82) is 0 Å². The van der Waals surface area contributed by atoms with Gasteiger partial charge in [-0.1, -0.05) is 0 Å². The van der Waals surface area contributed by atoms with Gasteiger partial charge in [-0.15, -0.1) is 0 Å². The third-order valence-electron chi connectivity index (χ3n) is 3.10. The Labute approximate surface area is 111 Å². The number of hydrogen-bond acceptors (Lipinski definition) is 7. The summed E-state index contributed by atoms with van der Waals surface area (Å²) in [4.78, 5) is 21.0. The average molecular weight is 257 g/mol. The second kappa shape index (κ2) is 5.05. The molecule has 0 spiro atoms. The van der Waals surface area contributed by atoms with Crippen LogP contribution in [0.2, 0.25) is 0 Å². The molecule has 19 heavy (non-hydrogen) atoms. The highest BCUT2D eigenvalue weighted by molar-refractivity contribution is 5.43. The molecule has 1 aliphatic heterocycles. The Morgan fingerprint density at radius 3 is 2.26 bits per heavy atom. The van der Waals surface area contributed by atoms with Crippen molar-refractivity contribution < 1.29 is 0 Å². The molecule has 7 heteroatoms. The van der Waals surface area contributed by atoms with E-state index in [1.165, 1.54) is 0 Å². The molecule has 0 radical (unpaired) electrons. The van der Waals surface area contributed by atoms with Crippen LogP contribution >= 0.6 is 0 Å². The quantitative estimate of drug-likeness (QED) is 0.821. The van der Waals surface area contributed by atoms with Crippen molar-refractivity contribution in [2.75, 3.05) is 41.7 Å². The summed E-state index contributed by atoms with van der Waals surface area (Å²) in [5.74, 6) is 1.97. The second-order valence-corrected chi connectivity index (χ2v) is 4.30. The standard InChI is InChI=1S/C12H15N7/c13-11-14-5-2-10(17-11)18-6-8-19(9-7-18)12-15-3-1-4-16-12/h1-5H,6-9H2,(H2,13,14,17). The van der Waals surface area contributed by atoms with E-state index in [2.05, 4.69) is 29.7 Å². The minimum Gasteiger partial charge on any atom is -0.368 e. The van der Waals surface area contributed by atoms with E-state index >= 15 is 0 Å². The Bertz CT molecular complexity index is 537. The Kier molecular flexibility index (Phi) is 3.09. The average Bonchev–Trinajstić information content (AvgIpc) is 2.48. The summed E-state index contributed by atoms with van der Waals surface area (Å²) in [5.41, 5.74) is 5.60. The lowest BCUT2D eigenvalue weighted by Crippen LogP contribution is -2.47. The number of nitrogens with zero attached hydrogens (tertiary/aromatic N) is 6. The SMILES string of the molecule is Nc1nccc(N2CCN(c3ncccn3)CC2)n1. The summed E-state index contributed by atoms with van der Waals surface area (Å²) in [6.45, 7) is 3.48. The van der Waals surface area contributed by atoms with Crippen LogP contribution in [0.15, 0.2) is 30.7 Å². The molecule has 3 rings (SSSR count). The van der Waals surface area contributed by atoms with Gasteiger partial charge in [0.05, 0.1) is 0 Å². The van der Waals surface area contributed by atoms with Gasteiger partial charge in [-0.3, -0.25) is 0 Å². The van der Waals surface area contributed by atoms with Crippen molar-refractivity contribution in [1.82, 2.24) is 19.9 Å². The first-order valence-electron chi connectivity index (χ1n) is 6.18. The van der Waals surface area contributed by atoms with Crippen molar-refractivity contribution in [2.24, 2.45) is 0 Å². The van der Waals surface area contributed by atoms with Gasteiger partial charge in [0.1, 0.15) is 5.82 Å². The van der Waals surface area contributed by atoms with Gasteiger partial charge in [0.2, 0.25) is 11.9 Å². The fourth-order valence-corrected chi connectivity index (χ4v) is 2.13. The highest BCUT2D eigenvalue weighted by atomic mass is 15.3. The number of piperazine rings is 1. The van der Waals surface area contributed by atoms with Crippen LogP contribution in [-0.2, 0) is 0 Å². The maximum absolute atomic E-state index is 5.60. The molecule has 0 atom stereocenters. The smallest absolute Gasteiger partial charge is 0.225 e. The first kappa shape index (κ1) is 11.6. The minimum absolute atomic E-state index is 0.311. The van der Waals surface area contributed by atoms with Crippen molar-refractivity contribution >= 4 is 17.7 Å². The van der Waals surface area contributed by atoms with E-state index in [1.807, 2.05) is 12.1 Å². The molecule has 7 nitrogen and oxygen atoms in total. The first-order chi connectivity index (χ1) is 9.33. The fraction of sp³-hybridized carbons (Fsp3) is 0.333. The van der Waals surface area contributed by atoms with E-state index in [0.717, 1.165) is 37.9 Å². The van der Waals surface area contributed by atoms with E-state index in [0.29, 0.717) is 5.95 Å². The first-order valence-corrected chi connectivity index (χ1v) is 6.18. The number of nitrogen functional groups attached to an aromatic ring is 1. The summed E-state index contributed by atoms with van der Waals surface area (Å²) >= 11 is 0. The van der Waals surface area contributed by atoms with Gasteiger partial charge in [-0.05, 0) is 12.1 Å². The second-order valence-electron chi connectivity index (χ2n) is 4.30. The molecule has 0 aromatic carbocycles. The predicted octanol–water partition coefficient (Wildman–Crippen LogP) is 0.175. The van der Waals surface area contributed by atoms with Gasteiger partial charge < -0.3 is 15.5 Å². The van der Waals surface area contributed by atoms with Crippen molar-refractivity contribution in [2.45, 2.75) is 0 Å². The fourth-order valence-electron chi connectivity index (χ4n) is 2.13. The third kappa shape index (κ3) is 2.54. The van der Waals surface area contributed by atoms with Gasteiger partial charge in [-0.25, -0.2) is 15.0 Å². The molecule has 1 fully saturated rings. The Hall–Kier alpha value is -2.44. The van der Waals surface area contributed by atoms with Crippen LogP contribution in [0.3, 0.4) is 0 Å². The molecule has 2 aromatic rings. The zero-order valence-corrected chi connectivity index (χ0v) is 10.5. The summed E-state index contributed by atoms with van der Waals surface area (Å²) in [6.07, 6.45) is 5.21. The number of nitrogens with two attached hydrogens (primary N) is 1. The van der Waals surface area contributed by atoms with Gasteiger partial charge in [-0.2, -0.15) is 4.98 Å². The molecule has 2 aromatic heterocycles. The summed E-state index contributed by atoms with van der Waals surface area (Å²) in [6, 6.07) is 3.70. The molecular weight excluding hydrogens is 242 g/mol. The van der Waals surface area contributed by atoms with E-state index in [4.69, 9.17) is 5.73 Å². The summed E-state index contributed by atoms with van der Waals surface area (Å²) in [7, 11) is 0. The van der Waals surface area contributed by atoms with E-state index in [1.54, 1.807) is 18.6 Å². The molecule has 1 saturated heterocycles. The van der Waals surface area contributed by atoms with Crippen LogP contribution in [0, 0.1) is 0 Å². The predicted molar refractivity (Wildman–Crippen MR) is 72.9 cm³/mol. The molecule has 98 valence electrons. The van der Waals surface area contributed by atoms with Crippen LogP contribution in [-0.4, -0.2) is 46.1 Å². The largest absolute Gasteiger partial charge is 0.368 e. The highest BCUT2D eigenvalue weighted by Gasteiger charge is 2.19. The molecule has 0 aliphatic carbocycles. The third-order valence-corrected chi connectivity index (χ3v) is 3.10. The normalized spacial score (nSPS) is 15.6. The van der Waals surface area contributed by atoms with Gasteiger partial charge in [0.25, 0.3) is 0 Å². The van der Waals surface area contributed by atoms with E-state index in [9.17, 15) is 0 Å². The lowest BCUT2D eigenvalue weighted by Gasteiger charge is -2.35. The monoisotopic (exact) mass is 257 g/mol. The van der Waals surface area contributed by atoms with E-state index in [-0.39, 0.29) is 0 Å². The molecular formula is C12H15N7. The topological polar surface area (TPSA) is 84.1 Å². The number of hydrogen-bond donors (Lipinski definition) is 1. The van der Waals surface area contributed by atoms with Crippen LogP contribution in [0.4, 0.5) is 17.7 Å². The molecule has 0 bridgehead atoms. The minimum atomic E-state index is 0.311. The zero-order valence-electron chi connectivity index (χ0n) is 10.5. The highest BCUT2D eigenvalue weighted by Crippen LogP contribution is 2.15.